The molecule has 1 atom stereocenters. The fourth-order valence-electron chi connectivity index (χ4n) is 4.76. The van der Waals surface area contributed by atoms with Gasteiger partial charge in [-0.3, -0.25) is 14.5 Å². The molecule has 0 saturated carbocycles. The summed E-state index contributed by atoms with van der Waals surface area (Å²) >= 11 is 1.59. The Hall–Kier alpha value is -3.40. The Balaban J connectivity index is 1.39. The number of ether oxygens (including phenoxy) is 1. The van der Waals surface area contributed by atoms with Crippen LogP contribution in [0, 0.1) is 12.7 Å². The summed E-state index contributed by atoms with van der Waals surface area (Å²) in [6, 6.07) is 17.4. The zero-order valence-electron chi connectivity index (χ0n) is 21.4. The van der Waals surface area contributed by atoms with Crippen LogP contribution >= 0.6 is 11.3 Å². The van der Waals surface area contributed by atoms with Gasteiger partial charge in [0.15, 0.2) is 0 Å². The fraction of sp³-hybridized carbons (Fsp3) is 0.345. The predicted octanol–water partition coefficient (Wildman–Crippen LogP) is 4.35. The van der Waals surface area contributed by atoms with E-state index in [-0.39, 0.29) is 30.0 Å². The van der Waals surface area contributed by atoms with Crippen LogP contribution < -0.4 is 0 Å². The van der Waals surface area contributed by atoms with Crippen molar-refractivity contribution in [3.63, 3.8) is 0 Å². The van der Waals surface area contributed by atoms with E-state index in [4.69, 9.17) is 9.84 Å². The summed E-state index contributed by atoms with van der Waals surface area (Å²) in [6.07, 6.45) is 0.598. The normalized spacial score (nSPS) is 17.9. The van der Waals surface area contributed by atoms with E-state index in [1.54, 1.807) is 17.4 Å². The molecule has 2 aliphatic rings. The van der Waals surface area contributed by atoms with Crippen molar-refractivity contribution in [2.24, 2.45) is 5.10 Å². The molecule has 0 N–H and O–H groups in total. The maximum Gasteiger partial charge on any atom is 0.262 e. The number of benzene rings is 2. The van der Waals surface area contributed by atoms with Crippen LogP contribution in [0.5, 0.6) is 0 Å². The van der Waals surface area contributed by atoms with Gasteiger partial charge in [-0.15, -0.1) is 11.3 Å². The maximum atomic E-state index is 13.9. The van der Waals surface area contributed by atoms with Crippen LogP contribution in [0.4, 0.5) is 4.39 Å². The van der Waals surface area contributed by atoms with E-state index >= 15 is 0 Å². The van der Waals surface area contributed by atoms with Gasteiger partial charge in [-0.1, -0.05) is 42.0 Å². The van der Waals surface area contributed by atoms with Crippen molar-refractivity contribution in [3.8, 4) is 0 Å². The lowest BCUT2D eigenvalue weighted by atomic mass is 10.00. The Morgan fingerprint density at radius 2 is 1.89 bits per heavy atom. The van der Waals surface area contributed by atoms with E-state index in [9.17, 15) is 14.0 Å². The lowest BCUT2D eigenvalue weighted by Gasteiger charge is -2.31. The van der Waals surface area contributed by atoms with Crippen molar-refractivity contribution in [1.29, 1.82) is 0 Å². The molecular formula is C29H31FN4O3S. The molecule has 5 rings (SSSR count). The molecule has 1 fully saturated rings. The van der Waals surface area contributed by atoms with Gasteiger partial charge in [-0.2, -0.15) is 5.10 Å². The van der Waals surface area contributed by atoms with Crippen molar-refractivity contribution >= 4 is 28.9 Å². The lowest BCUT2D eigenvalue weighted by Crippen LogP contribution is -2.46. The van der Waals surface area contributed by atoms with Crippen molar-refractivity contribution in [1.82, 2.24) is 14.8 Å². The summed E-state index contributed by atoms with van der Waals surface area (Å²) in [5.41, 5.74) is 3.21. The smallest absolute Gasteiger partial charge is 0.262 e. The summed E-state index contributed by atoms with van der Waals surface area (Å²) in [7, 11) is 0. The monoisotopic (exact) mass is 534 g/mol. The molecule has 0 spiro atoms. The molecule has 1 saturated heterocycles. The van der Waals surface area contributed by atoms with Gasteiger partial charge >= 0.3 is 0 Å². The first-order valence-corrected chi connectivity index (χ1v) is 13.7. The Morgan fingerprint density at radius 3 is 2.61 bits per heavy atom. The summed E-state index contributed by atoms with van der Waals surface area (Å²) < 4.78 is 19.4. The first kappa shape index (κ1) is 26.2. The zero-order chi connectivity index (χ0) is 26.5. The molecule has 9 heteroatoms. The highest BCUT2D eigenvalue weighted by molar-refractivity contribution is 7.12. The number of carbonyl (C=O) groups excluding carboxylic acids is 2. The summed E-state index contributed by atoms with van der Waals surface area (Å²) in [5, 5.41) is 8.27. The van der Waals surface area contributed by atoms with Gasteiger partial charge in [0.05, 0.1) is 29.8 Å². The molecule has 2 aliphatic heterocycles. The van der Waals surface area contributed by atoms with Gasteiger partial charge in [0.2, 0.25) is 0 Å². The SMILES string of the molecule is Cc1ccc([C@@H]2CC(c3cccs3)=NN2C(=O)CN(CCN2CCOCC2)C(=O)c2cccc(F)c2)cc1. The fourth-order valence-corrected chi connectivity index (χ4v) is 5.48. The van der Waals surface area contributed by atoms with E-state index in [0.29, 0.717) is 32.7 Å². The van der Waals surface area contributed by atoms with Crippen LogP contribution in [-0.2, 0) is 9.53 Å². The average molecular weight is 535 g/mol. The Kier molecular flexibility index (Phi) is 8.26. The predicted molar refractivity (Wildman–Crippen MR) is 146 cm³/mol. The van der Waals surface area contributed by atoms with E-state index in [0.717, 1.165) is 34.8 Å². The molecule has 2 amide bonds. The third-order valence-corrected chi connectivity index (χ3v) is 7.83. The summed E-state index contributed by atoms with van der Waals surface area (Å²) in [4.78, 5) is 32.0. The Labute approximate surface area is 226 Å². The zero-order valence-corrected chi connectivity index (χ0v) is 22.2. The second kappa shape index (κ2) is 12.0. The van der Waals surface area contributed by atoms with Crippen LogP contribution in [0.2, 0.25) is 0 Å². The number of rotatable bonds is 8. The summed E-state index contributed by atoms with van der Waals surface area (Å²) in [5.74, 6) is -1.13. The van der Waals surface area contributed by atoms with E-state index in [1.807, 2.05) is 48.7 Å². The molecule has 0 radical (unpaired) electrons. The molecule has 0 aliphatic carbocycles. The maximum absolute atomic E-state index is 13.9. The minimum absolute atomic E-state index is 0.150. The Morgan fingerprint density at radius 1 is 1.11 bits per heavy atom. The minimum atomic E-state index is -0.487. The number of hydrazone groups is 1. The Bertz CT molecular complexity index is 1290. The van der Waals surface area contributed by atoms with Gasteiger partial charge in [-0.05, 0) is 42.1 Å². The van der Waals surface area contributed by atoms with Crippen LogP contribution in [0.3, 0.4) is 0 Å². The van der Waals surface area contributed by atoms with Crippen LogP contribution in [-0.4, -0.2) is 78.3 Å². The van der Waals surface area contributed by atoms with Gasteiger partial charge in [-0.25, -0.2) is 9.40 Å². The number of carbonyl (C=O) groups is 2. The molecule has 38 heavy (non-hydrogen) atoms. The molecule has 0 bridgehead atoms. The lowest BCUT2D eigenvalue weighted by molar-refractivity contribution is -0.133. The number of amides is 2. The number of halogens is 1. The van der Waals surface area contributed by atoms with Crippen molar-refractivity contribution < 1.29 is 18.7 Å². The second-order valence-corrected chi connectivity index (χ2v) is 10.5. The molecule has 1 aromatic heterocycles. The molecule has 0 unspecified atom stereocenters. The van der Waals surface area contributed by atoms with E-state index in [1.165, 1.54) is 28.1 Å². The molecular weight excluding hydrogens is 503 g/mol. The highest BCUT2D eigenvalue weighted by Crippen LogP contribution is 2.34. The van der Waals surface area contributed by atoms with Crippen LogP contribution in [0.15, 0.2) is 71.1 Å². The molecule has 2 aromatic carbocycles. The van der Waals surface area contributed by atoms with Gasteiger partial charge < -0.3 is 9.64 Å². The standard InChI is InChI=1S/C29H31FN4O3S/c1-21-7-9-22(10-8-21)26-19-25(27-6-3-17-38-27)31-34(26)28(35)20-33(12-11-32-13-15-37-16-14-32)29(36)23-4-2-5-24(30)18-23/h2-10,17-18,26H,11-16,19-20H2,1H3/t26-/m0/s1. The number of aryl methyl sites for hydroxylation is 1. The first-order chi connectivity index (χ1) is 18.5. The number of nitrogens with zero attached hydrogens (tertiary/aromatic N) is 4. The minimum Gasteiger partial charge on any atom is -0.379 e. The largest absolute Gasteiger partial charge is 0.379 e. The van der Waals surface area contributed by atoms with Crippen molar-refractivity contribution in [3.05, 3.63) is 93.4 Å². The van der Waals surface area contributed by atoms with Crippen molar-refractivity contribution in [2.45, 2.75) is 19.4 Å². The van der Waals surface area contributed by atoms with Gasteiger partial charge in [0.25, 0.3) is 11.8 Å². The van der Waals surface area contributed by atoms with E-state index < -0.39 is 5.82 Å². The highest BCUT2D eigenvalue weighted by Gasteiger charge is 2.35. The molecule has 3 heterocycles. The second-order valence-electron chi connectivity index (χ2n) is 9.58. The number of thiophene rings is 1. The van der Waals surface area contributed by atoms with Crippen molar-refractivity contribution in [2.75, 3.05) is 45.9 Å². The molecule has 7 nitrogen and oxygen atoms in total. The number of hydrogen-bond donors (Lipinski definition) is 0. The molecule has 3 aromatic rings. The third kappa shape index (κ3) is 6.18. The molecule has 198 valence electrons. The van der Waals surface area contributed by atoms with Gasteiger partial charge in [0, 0.05) is 38.2 Å². The van der Waals surface area contributed by atoms with Crippen LogP contribution in [0.1, 0.15) is 38.8 Å². The van der Waals surface area contributed by atoms with Gasteiger partial charge in [0.1, 0.15) is 12.4 Å². The quantitative estimate of drug-likeness (QED) is 0.431. The first-order valence-electron chi connectivity index (χ1n) is 12.8. The average Bonchev–Trinajstić information content (AvgIpc) is 3.62. The number of hydrogen-bond acceptors (Lipinski definition) is 6. The topological polar surface area (TPSA) is 65.5 Å². The number of morpholine rings is 1. The summed E-state index contributed by atoms with van der Waals surface area (Å²) in [6.45, 7) is 5.64. The van der Waals surface area contributed by atoms with Crippen LogP contribution in [0.25, 0.3) is 0 Å². The highest BCUT2D eigenvalue weighted by atomic mass is 32.1. The third-order valence-electron chi connectivity index (χ3n) is 6.91. The van der Waals surface area contributed by atoms with E-state index in [2.05, 4.69) is 4.90 Å².